The SMILES string of the molecule is Cc1cc(C)n(-c2cc(NC(=O)C(c3ccccc3)c3ccccc3)ncn2)n1. The molecule has 0 aliphatic heterocycles. The van der Waals surface area contributed by atoms with Crippen LogP contribution in [0.25, 0.3) is 5.82 Å². The van der Waals surface area contributed by atoms with Gasteiger partial charge >= 0.3 is 0 Å². The summed E-state index contributed by atoms with van der Waals surface area (Å²) >= 11 is 0. The summed E-state index contributed by atoms with van der Waals surface area (Å²) < 4.78 is 1.73. The highest BCUT2D eigenvalue weighted by molar-refractivity contribution is 5.97. The molecule has 4 aromatic rings. The van der Waals surface area contributed by atoms with Gasteiger partial charge < -0.3 is 5.32 Å². The molecule has 144 valence electrons. The number of anilines is 1. The molecular weight excluding hydrogens is 362 g/mol. The largest absolute Gasteiger partial charge is 0.310 e. The Kier molecular flexibility index (Phi) is 5.16. The zero-order valence-corrected chi connectivity index (χ0v) is 16.3. The van der Waals surface area contributed by atoms with Crippen molar-refractivity contribution in [3.05, 3.63) is 102 Å². The van der Waals surface area contributed by atoms with Crippen LogP contribution >= 0.6 is 0 Å². The molecule has 0 radical (unpaired) electrons. The molecule has 2 aromatic heterocycles. The highest BCUT2D eigenvalue weighted by Crippen LogP contribution is 2.26. The van der Waals surface area contributed by atoms with Crippen LogP contribution in [0.1, 0.15) is 28.4 Å². The standard InChI is InChI=1S/C23H21N5O/c1-16-13-17(2)28(27-16)21-14-20(24-15-25-21)26-23(29)22(18-9-5-3-6-10-18)19-11-7-4-8-12-19/h3-15,22H,1-2H3,(H,24,25,26,29). The van der Waals surface area contributed by atoms with Crippen LogP contribution < -0.4 is 5.32 Å². The van der Waals surface area contributed by atoms with Gasteiger partial charge in [0.25, 0.3) is 0 Å². The van der Waals surface area contributed by atoms with E-state index in [4.69, 9.17) is 0 Å². The van der Waals surface area contributed by atoms with E-state index in [9.17, 15) is 4.79 Å². The molecule has 6 heteroatoms. The highest BCUT2D eigenvalue weighted by atomic mass is 16.1. The van der Waals surface area contributed by atoms with Crippen molar-refractivity contribution in [2.24, 2.45) is 0 Å². The van der Waals surface area contributed by atoms with E-state index in [-0.39, 0.29) is 5.91 Å². The number of rotatable bonds is 5. The first-order valence-electron chi connectivity index (χ1n) is 9.38. The van der Waals surface area contributed by atoms with Crippen molar-refractivity contribution in [2.45, 2.75) is 19.8 Å². The maximum atomic E-state index is 13.2. The van der Waals surface area contributed by atoms with E-state index >= 15 is 0 Å². The van der Waals surface area contributed by atoms with Crippen molar-refractivity contribution >= 4 is 11.7 Å². The molecule has 2 aromatic carbocycles. The van der Waals surface area contributed by atoms with Crippen LogP contribution in [0.2, 0.25) is 0 Å². The fourth-order valence-electron chi connectivity index (χ4n) is 3.38. The second-order valence-electron chi connectivity index (χ2n) is 6.84. The maximum Gasteiger partial charge on any atom is 0.237 e. The number of hydrogen-bond donors (Lipinski definition) is 1. The van der Waals surface area contributed by atoms with Gasteiger partial charge in [0.2, 0.25) is 5.91 Å². The molecule has 6 nitrogen and oxygen atoms in total. The average molecular weight is 383 g/mol. The highest BCUT2D eigenvalue weighted by Gasteiger charge is 2.23. The zero-order valence-electron chi connectivity index (χ0n) is 16.3. The van der Waals surface area contributed by atoms with Gasteiger partial charge in [0.05, 0.1) is 11.6 Å². The van der Waals surface area contributed by atoms with Gasteiger partial charge in [0.1, 0.15) is 12.1 Å². The van der Waals surface area contributed by atoms with E-state index in [2.05, 4.69) is 20.4 Å². The fourth-order valence-corrected chi connectivity index (χ4v) is 3.38. The van der Waals surface area contributed by atoms with E-state index in [0.717, 1.165) is 22.5 Å². The summed E-state index contributed by atoms with van der Waals surface area (Å²) in [6, 6.07) is 23.1. The predicted molar refractivity (Wildman–Crippen MR) is 112 cm³/mol. The lowest BCUT2D eigenvalue weighted by atomic mass is 9.90. The summed E-state index contributed by atoms with van der Waals surface area (Å²) in [5.74, 6) is 0.450. The summed E-state index contributed by atoms with van der Waals surface area (Å²) in [6.07, 6.45) is 1.43. The molecular formula is C23H21N5O. The number of aryl methyl sites for hydroxylation is 2. The number of carbonyl (C=O) groups is 1. The third-order valence-electron chi connectivity index (χ3n) is 4.66. The number of carbonyl (C=O) groups excluding carboxylic acids is 1. The summed E-state index contributed by atoms with van der Waals surface area (Å²) in [5, 5.41) is 7.39. The Hall–Kier alpha value is -3.80. The number of amides is 1. The van der Waals surface area contributed by atoms with Gasteiger partial charge in [-0.25, -0.2) is 14.6 Å². The Morgan fingerprint density at radius 2 is 1.52 bits per heavy atom. The van der Waals surface area contributed by atoms with Gasteiger partial charge in [-0.15, -0.1) is 0 Å². The van der Waals surface area contributed by atoms with Gasteiger partial charge in [0.15, 0.2) is 5.82 Å². The molecule has 0 unspecified atom stereocenters. The molecule has 0 aliphatic carbocycles. The monoisotopic (exact) mass is 383 g/mol. The van der Waals surface area contributed by atoms with Crippen molar-refractivity contribution in [2.75, 3.05) is 5.32 Å². The van der Waals surface area contributed by atoms with Crippen LogP contribution in [0.15, 0.2) is 79.1 Å². The Bertz CT molecular complexity index is 1080. The first kappa shape index (κ1) is 18.6. The second-order valence-corrected chi connectivity index (χ2v) is 6.84. The zero-order chi connectivity index (χ0) is 20.2. The molecule has 0 aliphatic rings. The van der Waals surface area contributed by atoms with Crippen molar-refractivity contribution in [1.82, 2.24) is 19.7 Å². The van der Waals surface area contributed by atoms with Crippen LogP contribution in [0, 0.1) is 13.8 Å². The lowest BCUT2D eigenvalue weighted by Gasteiger charge is -2.17. The van der Waals surface area contributed by atoms with Crippen LogP contribution in [-0.2, 0) is 4.79 Å². The first-order valence-corrected chi connectivity index (χ1v) is 9.38. The number of benzene rings is 2. The Labute approximate surface area is 169 Å². The fraction of sp³-hybridized carbons (Fsp3) is 0.130. The number of aromatic nitrogens is 4. The Balaban J connectivity index is 1.65. The number of nitrogens with zero attached hydrogens (tertiary/aromatic N) is 4. The van der Waals surface area contributed by atoms with E-state index < -0.39 is 5.92 Å². The van der Waals surface area contributed by atoms with Gasteiger partial charge in [-0.05, 0) is 31.0 Å². The second kappa shape index (κ2) is 8.06. The summed E-state index contributed by atoms with van der Waals surface area (Å²) in [5.41, 5.74) is 3.71. The molecule has 1 N–H and O–H groups in total. The molecule has 0 fully saturated rings. The Morgan fingerprint density at radius 1 is 0.897 bits per heavy atom. The van der Waals surface area contributed by atoms with Crippen LogP contribution in [-0.4, -0.2) is 25.7 Å². The average Bonchev–Trinajstić information content (AvgIpc) is 3.08. The number of nitrogens with one attached hydrogen (secondary N) is 1. The summed E-state index contributed by atoms with van der Waals surface area (Å²) in [4.78, 5) is 21.8. The smallest absolute Gasteiger partial charge is 0.237 e. The molecule has 0 atom stereocenters. The minimum atomic E-state index is -0.440. The van der Waals surface area contributed by atoms with E-state index in [1.807, 2.05) is 80.6 Å². The van der Waals surface area contributed by atoms with Crippen molar-refractivity contribution < 1.29 is 4.79 Å². The van der Waals surface area contributed by atoms with Crippen molar-refractivity contribution in [3.63, 3.8) is 0 Å². The van der Waals surface area contributed by atoms with E-state index in [0.29, 0.717) is 11.6 Å². The van der Waals surface area contributed by atoms with Gasteiger partial charge in [-0.2, -0.15) is 5.10 Å². The van der Waals surface area contributed by atoms with Gasteiger partial charge in [-0.1, -0.05) is 60.7 Å². The predicted octanol–water partition coefficient (Wildman–Crippen LogP) is 4.05. The van der Waals surface area contributed by atoms with E-state index in [1.54, 1.807) is 10.7 Å². The van der Waals surface area contributed by atoms with Crippen LogP contribution in [0.5, 0.6) is 0 Å². The third kappa shape index (κ3) is 4.06. The Morgan fingerprint density at radius 3 is 2.07 bits per heavy atom. The molecule has 29 heavy (non-hydrogen) atoms. The minimum absolute atomic E-state index is 0.152. The molecule has 0 saturated heterocycles. The summed E-state index contributed by atoms with van der Waals surface area (Å²) in [6.45, 7) is 3.89. The quantitative estimate of drug-likeness (QED) is 0.564. The van der Waals surface area contributed by atoms with Crippen LogP contribution in [0.4, 0.5) is 5.82 Å². The lowest BCUT2D eigenvalue weighted by molar-refractivity contribution is -0.116. The minimum Gasteiger partial charge on any atom is -0.310 e. The molecule has 2 heterocycles. The molecule has 0 spiro atoms. The van der Waals surface area contributed by atoms with E-state index in [1.165, 1.54) is 6.33 Å². The lowest BCUT2D eigenvalue weighted by Crippen LogP contribution is -2.23. The topological polar surface area (TPSA) is 72.7 Å². The maximum absolute atomic E-state index is 13.2. The summed E-state index contributed by atoms with van der Waals surface area (Å²) in [7, 11) is 0. The first-order chi connectivity index (χ1) is 14.1. The van der Waals surface area contributed by atoms with Crippen molar-refractivity contribution in [3.8, 4) is 5.82 Å². The van der Waals surface area contributed by atoms with Crippen LogP contribution in [0.3, 0.4) is 0 Å². The molecule has 0 saturated carbocycles. The van der Waals surface area contributed by atoms with Gasteiger partial charge in [0, 0.05) is 11.8 Å². The normalized spacial score (nSPS) is 10.9. The molecule has 4 rings (SSSR count). The molecule has 1 amide bonds. The number of hydrogen-bond acceptors (Lipinski definition) is 4. The van der Waals surface area contributed by atoms with Gasteiger partial charge in [-0.3, -0.25) is 4.79 Å². The third-order valence-corrected chi connectivity index (χ3v) is 4.66. The van der Waals surface area contributed by atoms with Crippen molar-refractivity contribution in [1.29, 1.82) is 0 Å². The molecule has 0 bridgehead atoms.